The van der Waals surface area contributed by atoms with Crippen molar-refractivity contribution in [2.45, 2.75) is 26.0 Å². The first-order valence-corrected chi connectivity index (χ1v) is 11.2. The number of rotatable bonds is 6. The van der Waals surface area contributed by atoms with E-state index in [4.69, 9.17) is 14.7 Å². The van der Waals surface area contributed by atoms with E-state index < -0.39 is 29.3 Å². The summed E-state index contributed by atoms with van der Waals surface area (Å²) < 4.78 is 25.1. The first kappa shape index (κ1) is 24.5. The number of Topliss-reactive ketones (excluding diaryl/α,β-unsaturated/α-hetero) is 1. The zero-order chi connectivity index (χ0) is 26.0. The molecule has 0 spiro atoms. The second-order valence-corrected chi connectivity index (χ2v) is 8.41. The Hall–Kier alpha value is -4.64. The molecular formula is C28H23FN2O5. The summed E-state index contributed by atoms with van der Waals surface area (Å²) in [6.07, 6.45) is -0.0550. The van der Waals surface area contributed by atoms with Gasteiger partial charge in [0, 0.05) is 5.69 Å². The standard InChI is InChI=1S/C28H23FN2O5/c1-16(2)36-21-11-6-18(7-12-21)25-24(26(32)22-14-19(29)8-13-23(22)35-3)27(33)28(34)31(25)20-9-4-17(15-30)5-10-20/h4-14,16,25,32H,1-3H3/b26-24+. The van der Waals surface area contributed by atoms with Gasteiger partial charge in [0.2, 0.25) is 0 Å². The van der Waals surface area contributed by atoms with Gasteiger partial charge in [0.1, 0.15) is 23.1 Å². The Kier molecular flexibility index (Phi) is 6.75. The average molecular weight is 486 g/mol. The molecule has 36 heavy (non-hydrogen) atoms. The van der Waals surface area contributed by atoms with Gasteiger partial charge in [-0.2, -0.15) is 5.26 Å². The number of ketones is 1. The lowest BCUT2D eigenvalue weighted by Crippen LogP contribution is -2.29. The average Bonchev–Trinajstić information content (AvgIpc) is 3.14. The zero-order valence-corrected chi connectivity index (χ0v) is 19.9. The van der Waals surface area contributed by atoms with E-state index in [1.54, 1.807) is 36.4 Å². The van der Waals surface area contributed by atoms with Crippen molar-refractivity contribution in [1.29, 1.82) is 5.26 Å². The van der Waals surface area contributed by atoms with Crippen molar-refractivity contribution in [2.24, 2.45) is 0 Å². The first-order chi connectivity index (χ1) is 17.2. The number of nitriles is 1. The van der Waals surface area contributed by atoms with Crippen LogP contribution in [0.4, 0.5) is 10.1 Å². The van der Waals surface area contributed by atoms with Crippen LogP contribution in [0, 0.1) is 17.1 Å². The van der Waals surface area contributed by atoms with E-state index >= 15 is 0 Å². The van der Waals surface area contributed by atoms with Crippen molar-refractivity contribution in [1.82, 2.24) is 0 Å². The fourth-order valence-corrected chi connectivity index (χ4v) is 4.12. The molecule has 1 aliphatic rings. The van der Waals surface area contributed by atoms with Gasteiger partial charge in [0.25, 0.3) is 11.7 Å². The van der Waals surface area contributed by atoms with Gasteiger partial charge in [-0.25, -0.2) is 4.39 Å². The fourth-order valence-electron chi connectivity index (χ4n) is 4.12. The van der Waals surface area contributed by atoms with Crippen LogP contribution < -0.4 is 14.4 Å². The molecule has 1 heterocycles. The molecule has 182 valence electrons. The monoisotopic (exact) mass is 486 g/mol. The van der Waals surface area contributed by atoms with E-state index in [-0.39, 0.29) is 23.0 Å². The van der Waals surface area contributed by atoms with Gasteiger partial charge in [-0.1, -0.05) is 12.1 Å². The maximum absolute atomic E-state index is 14.1. The summed E-state index contributed by atoms with van der Waals surface area (Å²) in [6.45, 7) is 3.78. The quantitative estimate of drug-likeness (QED) is 0.295. The van der Waals surface area contributed by atoms with E-state index in [2.05, 4.69) is 0 Å². The molecule has 1 aliphatic heterocycles. The summed E-state index contributed by atoms with van der Waals surface area (Å²) in [5, 5.41) is 20.4. The van der Waals surface area contributed by atoms with E-state index in [0.29, 0.717) is 22.6 Å². The molecule has 1 unspecified atom stereocenters. The van der Waals surface area contributed by atoms with Crippen molar-refractivity contribution in [3.8, 4) is 17.6 Å². The highest BCUT2D eigenvalue weighted by Crippen LogP contribution is 2.43. The van der Waals surface area contributed by atoms with Crippen LogP contribution in [0.2, 0.25) is 0 Å². The maximum atomic E-state index is 14.1. The van der Waals surface area contributed by atoms with Gasteiger partial charge in [-0.15, -0.1) is 0 Å². The second kappa shape index (κ2) is 9.92. The number of amides is 1. The largest absolute Gasteiger partial charge is 0.507 e. The molecule has 0 saturated carbocycles. The molecule has 3 aromatic rings. The number of hydrogen-bond donors (Lipinski definition) is 1. The van der Waals surface area contributed by atoms with Crippen LogP contribution in [0.5, 0.6) is 11.5 Å². The lowest BCUT2D eigenvalue weighted by molar-refractivity contribution is -0.132. The SMILES string of the molecule is COc1ccc(F)cc1/C(O)=C1\C(=O)C(=O)N(c2ccc(C#N)cc2)C1c1ccc(OC(C)C)cc1. The molecule has 8 heteroatoms. The van der Waals surface area contributed by atoms with Crippen molar-refractivity contribution >= 4 is 23.1 Å². The molecule has 7 nitrogen and oxygen atoms in total. The highest BCUT2D eigenvalue weighted by atomic mass is 19.1. The number of aliphatic hydroxyl groups excluding tert-OH is 1. The Bertz CT molecular complexity index is 1390. The molecule has 1 fully saturated rings. The highest BCUT2D eigenvalue weighted by Gasteiger charge is 2.47. The minimum Gasteiger partial charge on any atom is -0.507 e. The molecule has 4 rings (SSSR count). The number of benzene rings is 3. The lowest BCUT2D eigenvalue weighted by Gasteiger charge is -2.26. The molecule has 1 amide bonds. The van der Waals surface area contributed by atoms with Crippen LogP contribution in [-0.4, -0.2) is 30.0 Å². The van der Waals surface area contributed by atoms with E-state index in [9.17, 15) is 19.1 Å². The Morgan fingerprint density at radius 3 is 2.31 bits per heavy atom. The summed E-state index contributed by atoms with van der Waals surface area (Å²) in [5.74, 6) is -2.28. The van der Waals surface area contributed by atoms with Crippen LogP contribution in [0.1, 0.15) is 36.6 Å². The summed E-state index contributed by atoms with van der Waals surface area (Å²) in [4.78, 5) is 27.8. The molecule has 1 atom stereocenters. The molecule has 0 aromatic heterocycles. The van der Waals surface area contributed by atoms with Gasteiger partial charge in [-0.3, -0.25) is 14.5 Å². The Balaban J connectivity index is 1.93. The molecule has 0 aliphatic carbocycles. The van der Waals surface area contributed by atoms with Crippen LogP contribution >= 0.6 is 0 Å². The van der Waals surface area contributed by atoms with Crippen molar-refractivity contribution in [3.63, 3.8) is 0 Å². The summed E-state index contributed by atoms with van der Waals surface area (Å²) in [7, 11) is 1.35. The normalized spacial score (nSPS) is 16.8. The van der Waals surface area contributed by atoms with Crippen LogP contribution in [0.25, 0.3) is 5.76 Å². The van der Waals surface area contributed by atoms with Crippen LogP contribution in [0.15, 0.2) is 72.3 Å². The molecule has 0 bridgehead atoms. The van der Waals surface area contributed by atoms with Gasteiger partial charge in [0.05, 0.1) is 42.0 Å². The first-order valence-electron chi connectivity index (χ1n) is 11.2. The Morgan fingerprint density at radius 2 is 1.72 bits per heavy atom. The zero-order valence-electron chi connectivity index (χ0n) is 19.9. The number of nitrogens with zero attached hydrogens (tertiary/aromatic N) is 2. The molecule has 0 radical (unpaired) electrons. The third kappa shape index (κ3) is 4.51. The fraction of sp³-hybridized carbons (Fsp3) is 0.179. The smallest absolute Gasteiger partial charge is 0.300 e. The summed E-state index contributed by atoms with van der Waals surface area (Å²) >= 11 is 0. The van der Waals surface area contributed by atoms with Crippen molar-refractivity contribution in [3.05, 3.63) is 94.8 Å². The van der Waals surface area contributed by atoms with Crippen LogP contribution in [0.3, 0.4) is 0 Å². The van der Waals surface area contributed by atoms with E-state index in [1.165, 1.54) is 30.2 Å². The summed E-state index contributed by atoms with van der Waals surface area (Å²) in [5.41, 5.74) is 0.984. The van der Waals surface area contributed by atoms with Crippen molar-refractivity contribution < 1.29 is 28.6 Å². The number of carbonyl (C=O) groups excluding carboxylic acids is 2. The molecular weight excluding hydrogens is 463 g/mol. The highest BCUT2D eigenvalue weighted by molar-refractivity contribution is 6.51. The maximum Gasteiger partial charge on any atom is 0.300 e. The predicted molar refractivity (Wildman–Crippen MR) is 131 cm³/mol. The lowest BCUT2D eigenvalue weighted by atomic mass is 9.94. The number of carbonyl (C=O) groups is 2. The van der Waals surface area contributed by atoms with Crippen LogP contribution in [-0.2, 0) is 9.59 Å². The topological polar surface area (TPSA) is 99.9 Å². The van der Waals surface area contributed by atoms with Crippen molar-refractivity contribution in [2.75, 3.05) is 12.0 Å². The van der Waals surface area contributed by atoms with Gasteiger partial charge in [0.15, 0.2) is 0 Å². The predicted octanol–water partition coefficient (Wildman–Crippen LogP) is 5.12. The van der Waals surface area contributed by atoms with Gasteiger partial charge < -0.3 is 14.6 Å². The van der Waals surface area contributed by atoms with Gasteiger partial charge in [-0.05, 0) is 74.0 Å². The number of ether oxygens (including phenoxy) is 2. The number of methoxy groups -OCH3 is 1. The Labute approximate surface area is 207 Å². The van der Waals surface area contributed by atoms with E-state index in [1.807, 2.05) is 19.9 Å². The Morgan fingerprint density at radius 1 is 1.06 bits per heavy atom. The number of halogens is 1. The number of anilines is 1. The minimum atomic E-state index is -1.03. The third-order valence-electron chi connectivity index (χ3n) is 5.70. The molecule has 1 N–H and O–H groups in total. The molecule has 1 saturated heterocycles. The number of aliphatic hydroxyl groups is 1. The molecule has 3 aromatic carbocycles. The second-order valence-electron chi connectivity index (χ2n) is 8.41. The minimum absolute atomic E-state index is 0.0550. The van der Waals surface area contributed by atoms with Gasteiger partial charge >= 0.3 is 0 Å². The summed E-state index contributed by atoms with van der Waals surface area (Å²) in [6, 6.07) is 17.5. The van der Waals surface area contributed by atoms with E-state index in [0.717, 1.165) is 12.1 Å². The third-order valence-corrected chi connectivity index (χ3v) is 5.70. The number of hydrogen-bond acceptors (Lipinski definition) is 6.